The number of fused-ring (bicyclic) bond motifs is 1. The molecule has 1 N–H and O–H groups in total. The predicted molar refractivity (Wildman–Crippen MR) is 159 cm³/mol. The van der Waals surface area contributed by atoms with Crippen molar-refractivity contribution in [1.82, 2.24) is 14.7 Å². The van der Waals surface area contributed by atoms with Crippen LogP contribution in [0.15, 0.2) is 55.6 Å². The molecule has 2 bridgehead atoms. The molecule has 1 aromatic rings. The third-order valence-corrected chi connectivity index (χ3v) is 9.31. The molecule has 3 saturated heterocycles. The monoisotopic (exact) mass is 565 g/mol. The number of carbonyl (C=O) groups is 3. The maximum Gasteiger partial charge on any atom is 0.248 e. The quantitative estimate of drug-likeness (QED) is 0.242. The van der Waals surface area contributed by atoms with Gasteiger partial charge in [0, 0.05) is 39.3 Å². The van der Waals surface area contributed by atoms with Gasteiger partial charge in [-0.05, 0) is 37.7 Å². The first-order chi connectivity index (χ1) is 19.8. The van der Waals surface area contributed by atoms with Gasteiger partial charge >= 0.3 is 0 Å². The Morgan fingerprint density at radius 3 is 2.39 bits per heavy atom. The minimum atomic E-state index is -1.07. The minimum Gasteiger partial charge on any atom is -0.396 e. The summed E-state index contributed by atoms with van der Waals surface area (Å²) in [6.45, 7) is 13.7. The van der Waals surface area contributed by atoms with Crippen LogP contribution in [-0.4, -0.2) is 87.6 Å². The van der Waals surface area contributed by atoms with Crippen LogP contribution in [0.4, 0.5) is 0 Å². The number of aliphatic hydroxyl groups is 1. The molecule has 0 saturated carbocycles. The summed E-state index contributed by atoms with van der Waals surface area (Å²) in [7, 11) is 0. The van der Waals surface area contributed by atoms with Crippen molar-refractivity contribution in [2.45, 2.75) is 82.6 Å². The Morgan fingerprint density at radius 1 is 1.05 bits per heavy atom. The number of likely N-dealkylation sites (tertiary alicyclic amines) is 1. The highest BCUT2D eigenvalue weighted by Gasteiger charge is 2.79. The van der Waals surface area contributed by atoms with E-state index < -0.39 is 29.1 Å². The summed E-state index contributed by atoms with van der Waals surface area (Å²) in [5, 5.41) is 9.65. The third kappa shape index (κ3) is 5.61. The van der Waals surface area contributed by atoms with Crippen LogP contribution < -0.4 is 0 Å². The van der Waals surface area contributed by atoms with Crippen molar-refractivity contribution in [1.29, 1.82) is 0 Å². The molecule has 8 nitrogen and oxygen atoms in total. The number of rotatable bonds is 16. The van der Waals surface area contributed by atoms with Crippen molar-refractivity contribution < 1.29 is 24.2 Å². The topological polar surface area (TPSA) is 90.4 Å². The van der Waals surface area contributed by atoms with E-state index in [9.17, 15) is 19.5 Å². The number of unbranched alkanes of at least 4 members (excludes halogenated alkanes) is 2. The van der Waals surface area contributed by atoms with E-state index in [1.807, 2.05) is 37.3 Å². The predicted octanol–water partition coefficient (Wildman–Crippen LogP) is 3.94. The second kappa shape index (κ2) is 13.3. The van der Waals surface area contributed by atoms with Gasteiger partial charge in [-0.1, -0.05) is 69.2 Å². The van der Waals surface area contributed by atoms with Crippen molar-refractivity contribution in [2.75, 3.05) is 32.8 Å². The molecule has 0 radical (unpaired) electrons. The average Bonchev–Trinajstić information content (AvgIpc) is 3.58. The van der Waals surface area contributed by atoms with Crippen LogP contribution in [0, 0.1) is 11.8 Å². The van der Waals surface area contributed by atoms with Gasteiger partial charge < -0.3 is 24.5 Å². The fourth-order valence-electron chi connectivity index (χ4n) is 7.42. The van der Waals surface area contributed by atoms with Gasteiger partial charge in [0.05, 0.1) is 17.4 Å². The van der Waals surface area contributed by atoms with Crippen molar-refractivity contribution in [2.24, 2.45) is 11.8 Å². The molecule has 3 aliphatic rings. The van der Waals surface area contributed by atoms with Crippen LogP contribution in [0.2, 0.25) is 0 Å². The maximum atomic E-state index is 14.5. The van der Waals surface area contributed by atoms with E-state index >= 15 is 0 Å². The second-order valence-electron chi connectivity index (χ2n) is 11.7. The van der Waals surface area contributed by atoms with Crippen LogP contribution in [0.25, 0.3) is 0 Å². The lowest BCUT2D eigenvalue weighted by molar-refractivity contribution is -0.155. The molecule has 3 heterocycles. The summed E-state index contributed by atoms with van der Waals surface area (Å²) < 4.78 is 6.93. The average molecular weight is 566 g/mol. The molecule has 4 rings (SSSR count). The Bertz CT molecular complexity index is 1110. The van der Waals surface area contributed by atoms with Crippen molar-refractivity contribution in [3.05, 3.63) is 61.2 Å². The fourth-order valence-corrected chi connectivity index (χ4v) is 7.42. The van der Waals surface area contributed by atoms with E-state index in [4.69, 9.17) is 4.74 Å². The highest BCUT2D eigenvalue weighted by Crippen LogP contribution is 2.64. The van der Waals surface area contributed by atoms with Gasteiger partial charge in [0.1, 0.15) is 11.6 Å². The Hall–Kier alpha value is -2.97. The summed E-state index contributed by atoms with van der Waals surface area (Å²) in [6.07, 6.45) is 8.41. The number of aliphatic hydroxyl groups excluding tert-OH is 1. The van der Waals surface area contributed by atoms with Gasteiger partial charge in [0.2, 0.25) is 17.7 Å². The van der Waals surface area contributed by atoms with E-state index in [1.165, 1.54) is 0 Å². The third-order valence-electron chi connectivity index (χ3n) is 9.31. The molecule has 224 valence electrons. The molecule has 3 fully saturated rings. The molecule has 2 unspecified atom stereocenters. The first-order valence-electron chi connectivity index (χ1n) is 15.3. The summed E-state index contributed by atoms with van der Waals surface area (Å²) in [4.78, 5) is 48.3. The normalized spacial score (nSPS) is 28.0. The van der Waals surface area contributed by atoms with Gasteiger partial charge in [-0.2, -0.15) is 0 Å². The molecule has 0 aliphatic carbocycles. The standard InChI is InChI=1S/C33H47N3O5/c1-5-9-13-21-34(19-6-2)31(40)28-33-18-17-32(8-4,41-33)26(27(33)30(39)36(28)22-14-23-37)29(38)35(20-7-3)24-25-15-11-10-12-16-25/h6-7,10-12,15-16,26-28,37H,2-3,5,8-9,13-14,17-24H2,1,4H3/t26-,27-,28?,32+,33?/m0/s1. The van der Waals surface area contributed by atoms with Crippen molar-refractivity contribution >= 4 is 17.7 Å². The van der Waals surface area contributed by atoms with Crippen LogP contribution >= 0.6 is 0 Å². The molecular formula is C33H47N3O5. The highest BCUT2D eigenvalue weighted by atomic mass is 16.5. The van der Waals surface area contributed by atoms with E-state index in [2.05, 4.69) is 20.1 Å². The lowest BCUT2D eigenvalue weighted by atomic mass is 9.64. The van der Waals surface area contributed by atoms with Gasteiger partial charge in [-0.25, -0.2) is 0 Å². The molecular weight excluding hydrogens is 518 g/mol. The van der Waals surface area contributed by atoms with Crippen molar-refractivity contribution in [3.8, 4) is 0 Å². The zero-order valence-electron chi connectivity index (χ0n) is 24.8. The Balaban J connectivity index is 1.74. The number of carbonyl (C=O) groups excluding carboxylic acids is 3. The van der Waals surface area contributed by atoms with E-state index in [1.54, 1.807) is 26.9 Å². The van der Waals surface area contributed by atoms with Crippen LogP contribution in [0.3, 0.4) is 0 Å². The van der Waals surface area contributed by atoms with Gasteiger partial charge in [0.15, 0.2) is 0 Å². The van der Waals surface area contributed by atoms with Gasteiger partial charge in [-0.15, -0.1) is 13.2 Å². The highest BCUT2D eigenvalue weighted by molar-refractivity contribution is 5.99. The molecule has 41 heavy (non-hydrogen) atoms. The first kappa shape index (κ1) is 31.0. The van der Waals surface area contributed by atoms with Crippen LogP contribution in [-0.2, 0) is 25.7 Å². The molecule has 3 amide bonds. The Kier molecular flexibility index (Phi) is 10.1. The Morgan fingerprint density at radius 2 is 1.76 bits per heavy atom. The summed E-state index contributed by atoms with van der Waals surface area (Å²) in [5.74, 6) is -1.94. The van der Waals surface area contributed by atoms with Crippen LogP contribution in [0.1, 0.15) is 64.4 Å². The summed E-state index contributed by atoms with van der Waals surface area (Å²) >= 11 is 0. The lowest BCUT2D eigenvalue weighted by Gasteiger charge is -2.37. The Labute approximate surface area is 245 Å². The van der Waals surface area contributed by atoms with E-state index in [0.717, 1.165) is 24.8 Å². The number of benzene rings is 1. The molecule has 3 aliphatic heterocycles. The number of hydrogen-bond donors (Lipinski definition) is 1. The summed E-state index contributed by atoms with van der Waals surface area (Å²) in [5.41, 5.74) is -0.883. The number of nitrogens with zero attached hydrogens (tertiary/aromatic N) is 3. The number of amides is 3. The molecule has 8 heteroatoms. The lowest BCUT2D eigenvalue weighted by Crippen LogP contribution is -2.56. The molecule has 0 aromatic heterocycles. The zero-order chi connectivity index (χ0) is 29.6. The zero-order valence-corrected chi connectivity index (χ0v) is 24.8. The van der Waals surface area contributed by atoms with E-state index in [0.29, 0.717) is 51.9 Å². The molecule has 5 atom stereocenters. The molecule has 1 spiro atoms. The second-order valence-corrected chi connectivity index (χ2v) is 11.7. The number of hydrogen-bond acceptors (Lipinski definition) is 5. The van der Waals surface area contributed by atoms with E-state index in [-0.39, 0.29) is 30.9 Å². The smallest absolute Gasteiger partial charge is 0.248 e. The van der Waals surface area contributed by atoms with Gasteiger partial charge in [0.25, 0.3) is 0 Å². The maximum absolute atomic E-state index is 14.5. The molecule has 1 aromatic carbocycles. The van der Waals surface area contributed by atoms with Crippen LogP contribution in [0.5, 0.6) is 0 Å². The number of ether oxygens (including phenoxy) is 1. The SMILES string of the molecule is C=CCN(CCCCC)C(=O)C1N(CCCO)C(=O)[C@@H]2[C@@H](C(=O)N(CC=C)Cc3ccccc3)[C@@]3(CC)CCC12O3. The largest absolute Gasteiger partial charge is 0.396 e. The fraction of sp³-hybridized carbons (Fsp3) is 0.606. The van der Waals surface area contributed by atoms with Gasteiger partial charge in [-0.3, -0.25) is 14.4 Å². The minimum absolute atomic E-state index is 0.0957. The van der Waals surface area contributed by atoms with Crippen molar-refractivity contribution in [3.63, 3.8) is 0 Å². The first-order valence-corrected chi connectivity index (χ1v) is 15.3. The summed E-state index contributed by atoms with van der Waals surface area (Å²) in [6, 6.07) is 8.96.